The minimum Gasteiger partial charge on any atom is -0.355 e. The molecule has 1 N–H and O–H groups in total. The number of hydrogen-bond donors (Lipinski definition) is 1. The molecule has 0 bridgehead atoms. The predicted molar refractivity (Wildman–Crippen MR) is 103 cm³/mol. The lowest BCUT2D eigenvalue weighted by atomic mass is 10.0. The van der Waals surface area contributed by atoms with Crippen molar-refractivity contribution in [3.63, 3.8) is 0 Å². The van der Waals surface area contributed by atoms with Gasteiger partial charge in [0.05, 0.1) is 11.4 Å². The molecule has 2 aromatic heterocycles. The number of carbonyl (C=O) groups excluding carboxylic acids is 1. The summed E-state index contributed by atoms with van der Waals surface area (Å²) >= 11 is 2.89. The molecular weight excluding hydrogens is 354 g/mol. The van der Waals surface area contributed by atoms with Gasteiger partial charge in [-0.1, -0.05) is 37.3 Å². The zero-order valence-electron chi connectivity index (χ0n) is 13.8. The summed E-state index contributed by atoms with van der Waals surface area (Å²) in [5, 5.41) is 4.80. The van der Waals surface area contributed by atoms with Crippen LogP contribution < -0.4 is 10.9 Å². The summed E-state index contributed by atoms with van der Waals surface area (Å²) in [6, 6.07) is 11.7. The van der Waals surface area contributed by atoms with Crippen molar-refractivity contribution in [3.8, 4) is 0 Å². The number of nitrogens with zero attached hydrogens (tertiary/aromatic N) is 2. The minimum absolute atomic E-state index is 0.00158. The Balaban J connectivity index is 1.45. The molecule has 0 spiro atoms. The molecule has 0 fully saturated rings. The largest absolute Gasteiger partial charge is 0.355 e. The molecule has 0 aliphatic rings. The molecular formula is C18H19N3O2S2. The topological polar surface area (TPSA) is 63.5 Å². The van der Waals surface area contributed by atoms with Gasteiger partial charge in [-0.25, -0.2) is 4.98 Å². The third-order valence-electron chi connectivity index (χ3n) is 3.81. The first-order valence-electron chi connectivity index (χ1n) is 7.98. The van der Waals surface area contributed by atoms with Gasteiger partial charge in [-0.2, -0.15) is 0 Å². The van der Waals surface area contributed by atoms with Gasteiger partial charge in [-0.15, -0.1) is 23.1 Å². The third-order valence-corrected chi connectivity index (χ3v) is 5.54. The summed E-state index contributed by atoms with van der Waals surface area (Å²) in [4.78, 5) is 29.0. The fraction of sp³-hybridized carbons (Fsp3) is 0.278. The SMILES string of the molecule is CC(CNC(=O)CSCc1cc(=O)n2ccsc2n1)c1ccccc1. The van der Waals surface area contributed by atoms with E-state index in [9.17, 15) is 9.59 Å². The predicted octanol–water partition coefficient (Wildman–Crippen LogP) is 2.91. The Bertz CT molecular complexity index is 905. The van der Waals surface area contributed by atoms with Crippen molar-refractivity contribution in [2.24, 2.45) is 0 Å². The van der Waals surface area contributed by atoms with Crippen LogP contribution in [0.2, 0.25) is 0 Å². The number of hydrogen-bond acceptors (Lipinski definition) is 5. The van der Waals surface area contributed by atoms with Gasteiger partial charge in [-0.3, -0.25) is 14.0 Å². The molecule has 0 aliphatic heterocycles. The van der Waals surface area contributed by atoms with E-state index in [-0.39, 0.29) is 17.4 Å². The van der Waals surface area contributed by atoms with Gasteiger partial charge >= 0.3 is 0 Å². The van der Waals surface area contributed by atoms with E-state index in [0.717, 1.165) is 0 Å². The van der Waals surface area contributed by atoms with Crippen LogP contribution in [0.5, 0.6) is 0 Å². The van der Waals surface area contributed by atoms with Crippen LogP contribution in [0.4, 0.5) is 0 Å². The van der Waals surface area contributed by atoms with Crippen molar-refractivity contribution in [1.29, 1.82) is 0 Å². The number of aromatic nitrogens is 2. The van der Waals surface area contributed by atoms with Gasteiger partial charge in [0.25, 0.3) is 5.56 Å². The minimum atomic E-state index is -0.0806. The van der Waals surface area contributed by atoms with E-state index < -0.39 is 0 Å². The van der Waals surface area contributed by atoms with Crippen molar-refractivity contribution in [2.75, 3.05) is 12.3 Å². The molecule has 0 radical (unpaired) electrons. The van der Waals surface area contributed by atoms with Gasteiger partial charge in [-0.05, 0) is 11.5 Å². The highest BCUT2D eigenvalue weighted by atomic mass is 32.2. The van der Waals surface area contributed by atoms with E-state index in [2.05, 4.69) is 29.4 Å². The summed E-state index contributed by atoms with van der Waals surface area (Å²) in [6.45, 7) is 2.71. The molecule has 0 saturated carbocycles. The Hall–Kier alpha value is -2.12. The van der Waals surface area contributed by atoms with Gasteiger partial charge in [0, 0.05) is 29.9 Å². The number of thiazole rings is 1. The molecule has 2 heterocycles. The molecule has 0 saturated heterocycles. The van der Waals surface area contributed by atoms with Gasteiger partial charge in [0.1, 0.15) is 0 Å². The first-order valence-corrected chi connectivity index (χ1v) is 10.0. The molecule has 3 rings (SSSR count). The number of amides is 1. The van der Waals surface area contributed by atoms with Crippen LogP contribution in [0.3, 0.4) is 0 Å². The standard InChI is InChI=1S/C18H19N3O2S2/c1-13(14-5-3-2-4-6-14)10-19-16(22)12-24-11-15-9-17(23)21-7-8-25-18(21)20-15/h2-9,13H,10-12H2,1H3,(H,19,22). The average Bonchev–Trinajstić information content (AvgIpc) is 3.09. The van der Waals surface area contributed by atoms with Crippen LogP contribution in [0.25, 0.3) is 4.96 Å². The van der Waals surface area contributed by atoms with Crippen LogP contribution in [-0.4, -0.2) is 27.6 Å². The van der Waals surface area contributed by atoms with Crippen molar-refractivity contribution in [3.05, 3.63) is 69.6 Å². The van der Waals surface area contributed by atoms with Crippen LogP contribution in [0.15, 0.2) is 52.8 Å². The number of carbonyl (C=O) groups is 1. The fourth-order valence-corrected chi connectivity index (χ4v) is 3.91. The third kappa shape index (κ3) is 4.70. The highest BCUT2D eigenvalue weighted by molar-refractivity contribution is 7.99. The number of benzene rings is 1. The summed E-state index contributed by atoms with van der Waals surface area (Å²) in [7, 11) is 0. The smallest absolute Gasteiger partial charge is 0.258 e. The van der Waals surface area contributed by atoms with Crippen molar-refractivity contribution in [1.82, 2.24) is 14.7 Å². The van der Waals surface area contributed by atoms with Crippen LogP contribution in [-0.2, 0) is 10.5 Å². The zero-order chi connectivity index (χ0) is 17.6. The van der Waals surface area contributed by atoms with Crippen LogP contribution in [0.1, 0.15) is 24.1 Å². The maximum atomic E-state index is 12.0. The van der Waals surface area contributed by atoms with E-state index in [4.69, 9.17) is 0 Å². The second-order valence-corrected chi connectivity index (χ2v) is 7.61. The molecule has 1 amide bonds. The van der Waals surface area contributed by atoms with E-state index in [0.29, 0.717) is 28.7 Å². The Labute approximate surface area is 154 Å². The Morgan fingerprint density at radius 2 is 2.16 bits per heavy atom. The average molecular weight is 374 g/mol. The fourth-order valence-electron chi connectivity index (χ4n) is 2.43. The second kappa shape index (κ2) is 8.31. The first kappa shape index (κ1) is 17.7. The van der Waals surface area contributed by atoms with Gasteiger partial charge in [0.2, 0.25) is 5.91 Å². The van der Waals surface area contributed by atoms with Crippen LogP contribution in [0, 0.1) is 0 Å². The number of nitrogens with one attached hydrogen (secondary N) is 1. The molecule has 130 valence electrons. The normalized spacial score (nSPS) is 12.2. The Kier molecular flexibility index (Phi) is 5.88. The summed E-state index contributed by atoms with van der Waals surface area (Å²) in [5.41, 5.74) is 1.84. The molecule has 5 nitrogen and oxygen atoms in total. The Morgan fingerprint density at radius 1 is 1.36 bits per heavy atom. The van der Waals surface area contributed by atoms with E-state index in [1.165, 1.54) is 39.1 Å². The lowest BCUT2D eigenvalue weighted by molar-refractivity contribution is -0.118. The van der Waals surface area contributed by atoms with E-state index >= 15 is 0 Å². The number of thioether (sulfide) groups is 1. The van der Waals surface area contributed by atoms with Gasteiger partial charge < -0.3 is 5.32 Å². The highest BCUT2D eigenvalue weighted by Gasteiger charge is 2.09. The van der Waals surface area contributed by atoms with Crippen molar-refractivity contribution in [2.45, 2.75) is 18.6 Å². The van der Waals surface area contributed by atoms with Crippen molar-refractivity contribution >= 4 is 34.0 Å². The maximum absolute atomic E-state index is 12.0. The first-order chi connectivity index (χ1) is 12.1. The lowest BCUT2D eigenvalue weighted by Gasteiger charge is -2.12. The molecule has 25 heavy (non-hydrogen) atoms. The second-order valence-electron chi connectivity index (χ2n) is 5.75. The quantitative estimate of drug-likeness (QED) is 0.692. The highest BCUT2D eigenvalue weighted by Crippen LogP contribution is 2.14. The molecule has 1 unspecified atom stereocenters. The molecule has 1 aromatic carbocycles. The van der Waals surface area contributed by atoms with Crippen molar-refractivity contribution < 1.29 is 4.79 Å². The lowest BCUT2D eigenvalue weighted by Crippen LogP contribution is -2.29. The summed E-state index contributed by atoms with van der Waals surface area (Å²) in [6.07, 6.45) is 1.72. The Morgan fingerprint density at radius 3 is 2.96 bits per heavy atom. The van der Waals surface area contributed by atoms with E-state index in [1.54, 1.807) is 6.20 Å². The molecule has 7 heteroatoms. The van der Waals surface area contributed by atoms with Gasteiger partial charge in [0.15, 0.2) is 4.96 Å². The van der Waals surface area contributed by atoms with E-state index in [1.807, 2.05) is 23.6 Å². The maximum Gasteiger partial charge on any atom is 0.258 e. The van der Waals surface area contributed by atoms with Crippen LogP contribution >= 0.6 is 23.1 Å². The molecule has 0 aliphatic carbocycles. The summed E-state index contributed by atoms with van der Waals surface area (Å²) < 4.78 is 1.52. The monoisotopic (exact) mass is 373 g/mol. The molecule has 3 aromatic rings. The summed E-state index contributed by atoms with van der Waals surface area (Å²) in [5.74, 6) is 1.18. The number of rotatable bonds is 7. The number of fused-ring (bicyclic) bond motifs is 1. The molecule has 1 atom stereocenters. The zero-order valence-corrected chi connectivity index (χ0v) is 15.5.